The van der Waals surface area contributed by atoms with Crippen molar-refractivity contribution in [2.45, 2.75) is 51.6 Å². The Kier molecular flexibility index (Phi) is 10.1. The van der Waals surface area contributed by atoms with Crippen LogP contribution in [-0.4, -0.2) is 63.6 Å². The molecule has 1 N–H and O–H groups in total. The minimum absolute atomic E-state index is 0.166. The highest BCUT2D eigenvalue weighted by Crippen LogP contribution is 2.19. The Bertz CT molecular complexity index is 699. The Morgan fingerprint density at radius 3 is 2.48 bits per heavy atom. The van der Waals surface area contributed by atoms with Gasteiger partial charge in [-0.25, -0.2) is 0 Å². The molecule has 0 saturated carbocycles. The van der Waals surface area contributed by atoms with Crippen LogP contribution in [0.25, 0.3) is 0 Å². The summed E-state index contributed by atoms with van der Waals surface area (Å²) in [5.74, 6) is 0. The lowest BCUT2D eigenvalue weighted by molar-refractivity contribution is 0.0193. The van der Waals surface area contributed by atoms with E-state index in [1.165, 1.54) is 23.6 Å². The smallest absolute Gasteiger partial charge is 0.301 e. The largest absolute Gasteiger partial charge is 0.378 e. The third-order valence-corrected chi connectivity index (χ3v) is 6.81. The van der Waals surface area contributed by atoms with Crippen molar-refractivity contribution in [3.05, 3.63) is 42.5 Å². The van der Waals surface area contributed by atoms with Gasteiger partial charge in [0, 0.05) is 31.9 Å². The van der Waals surface area contributed by atoms with Crippen LogP contribution >= 0.6 is 0 Å². The number of rotatable bonds is 13. The summed E-state index contributed by atoms with van der Waals surface area (Å²) in [4.78, 5) is 2.28. The van der Waals surface area contributed by atoms with E-state index >= 15 is 0 Å². The molecule has 0 atom stereocenters. The summed E-state index contributed by atoms with van der Waals surface area (Å²) >= 11 is 0. The molecule has 0 bridgehead atoms. The Balaban J connectivity index is 1.59. The fourth-order valence-corrected chi connectivity index (χ4v) is 4.73. The van der Waals surface area contributed by atoms with Gasteiger partial charge in [0.25, 0.3) is 0 Å². The maximum atomic E-state index is 12.6. The molecule has 1 aromatic rings. The fraction of sp³-hybridized carbons (Fsp3) is 0.636. The van der Waals surface area contributed by atoms with Crippen LogP contribution in [0, 0.1) is 6.92 Å². The molecule has 1 saturated heterocycles. The zero-order chi connectivity index (χ0) is 21.1. The lowest BCUT2D eigenvalue weighted by Gasteiger charge is -2.31. The molecule has 0 radical (unpaired) electrons. The summed E-state index contributed by atoms with van der Waals surface area (Å²) in [6.45, 7) is 9.55. The Morgan fingerprint density at radius 2 is 1.83 bits per heavy atom. The van der Waals surface area contributed by atoms with Crippen LogP contribution in [0.4, 0.5) is 5.69 Å². The molecule has 0 amide bonds. The summed E-state index contributed by atoms with van der Waals surface area (Å²) in [5.41, 5.74) is 1.70. The number of unbranched alkanes of at least 4 members (excludes halogenated alkanes) is 3. The zero-order valence-corrected chi connectivity index (χ0v) is 18.8. The number of piperidine rings is 1. The molecule has 0 aromatic heterocycles. The number of benzene rings is 1. The number of likely N-dealkylation sites (N-methyl/N-ethyl adjacent to an activating group) is 1. The average molecular weight is 424 g/mol. The van der Waals surface area contributed by atoms with Crippen molar-refractivity contribution in [3.8, 4) is 0 Å². The predicted molar refractivity (Wildman–Crippen MR) is 120 cm³/mol. The molecule has 1 fully saturated rings. The van der Waals surface area contributed by atoms with E-state index < -0.39 is 10.2 Å². The third-order valence-electron chi connectivity index (χ3n) is 5.27. The molecular weight excluding hydrogens is 386 g/mol. The van der Waals surface area contributed by atoms with Gasteiger partial charge >= 0.3 is 10.2 Å². The van der Waals surface area contributed by atoms with Crippen LogP contribution in [0.2, 0.25) is 0 Å². The monoisotopic (exact) mass is 423 g/mol. The highest BCUT2D eigenvalue weighted by molar-refractivity contribution is 7.90. The molecule has 1 aliphatic heterocycles. The summed E-state index contributed by atoms with van der Waals surface area (Å²) in [7, 11) is -1.38. The molecule has 164 valence electrons. The first-order valence-electron chi connectivity index (χ1n) is 10.7. The van der Waals surface area contributed by atoms with E-state index in [0.29, 0.717) is 18.8 Å². The molecule has 0 aliphatic carbocycles. The van der Waals surface area contributed by atoms with Crippen molar-refractivity contribution in [1.82, 2.24) is 9.21 Å². The van der Waals surface area contributed by atoms with E-state index in [-0.39, 0.29) is 6.10 Å². The number of hydrogen-bond acceptors (Lipinski definition) is 4. The van der Waals surface area contributed by atoms with Gasteiger partial charge in [-0.3, -0.25) is 4.72 Å². The van der Waals surface area contributed by atoms with Crippen molar-refractivity contribution < 1.29 is 13.2 Å². The molecule has 1 aromatic carbocycles. The molecule has 29 heavy (non-hydrogen) atoms. The summed E-state index contributed by atoms with van der Waals surface area (Å²) in [6.07, 6.45) is 8.26. The highest BCUT2D eigenvalue weighted by atomic mass is 32.2. The van der Waals surface area contributed by atoms with Crippen LogP contribution in [0.3, 0.4) is 0 Å². The first-order valence-corrected chi connectivity index (χ1v) is 12.1. The van der Waals surface area contributed by atoms with Gasteiger partial charge in [-0.05, 0) is 58.3 Å². The lowest BCUT2D eigenvalue weighted by atomic mass is 10.1. The quantitative estimate of drug-likeness (QED) is 0.387. The van der Waals surface area contributed by atoms with Crippen LogP contribution in [-0.2, 0) is 14.9 Å². The minimum Gasteiger partial charge on any atom is -0.378 e. The van der Waals surface area contributed by atoms with Crippen molar-refractivity contribution in [2.24, 2.45) is 0 Å². The number of nitrogens with one attached hydrogen (secondary N) is 1. The summed E-state index contributed by atoms with van der Waals surface area (Å²) in [5, 5.41) is 0. The van der Waals surface area contributed by atoms with E-state index in [9.17, 15) is 8.42 Å². The fourth-order valence-electron chi connectivity index (χ4n) is 3.47. The minimum atomic E-state index is -3.50. The normalized spacial score (nSPS) is 16.2. The maximum Gasteiger partial charge on any atom is 0.301 e. The molecule has 1 aliphatic rings. The van der Waals surface area contributed by atoms with Gasteiger partial charge in [-0.1, -0.05) is 36.6 Å². The predicted octanol–water partition coefficient (Wildman–Crippen LogP) is 3.81. The Hall–Kier alpha value is -1.41. The van der Waals surface area contributed by atoms with Gasteiger partial charge < -0.3 is 9.64 Å². The molecule has 1 heterocycles. The molecule has 0 spiro atoms. The van der Waals surface area contributed by atoms with Gasteiger partial charge in [-0.15, -0.1) is 6.58 Å². The van der Waals surface area contributed by atoms with Gasteiger partial charge in [0.15, 0.2) is 0 Å². The molecule has 2 rings (SSSR count). The van der Waals surface area contributed by atoms with Crippen LogP contribution in [0.5, 0.6) is 0 Å². The first-order chi connectivity index (χ1) is 13.9. The Labute approximate surface area is 177 Å². The van der Waals surface area contributed by atoms with Gasteiger partial charge in [0.1, 0.15) is 0 Å². The molecule has 0 unspecified atom stereocenters. The summed E-state index contributed by atoms with van der Waals surface area (Å²) < 4.78 is 35.3. The van der Waals surface area contributed by atoms with Gasteiger partial charge in [0.05, 0.1) is 6.10 Å². The van der Waals surface area contributed by atoms with E-state index in [1.807, 2.05) is 25.1 Å². The van der Waals surface area contributed by atoms with E-state index in [2.05, 4.69) is 23.2 Å². The van der Waals surface area contributed by atoms with Crippen LogP contribution in [0.1, 0.15) is 44.1 Å². The number of hydrogen-bond donors (Lipinski definition) is 1. The van der Waals surface area contributed by atoms with Crippen molar-refractivity contribution in [1.29, 1.82) is 0 Å². The highest BCUT2D eigenvalue weighted by Gasteiger charge is 2.28. The van der Waals surface area contributed by atoms with Crippen LogP contribution in [0.15, 0.2) is 36.9 Å². The second-order valence-corrected chi connectivity index (χ2v) is 9.58. The van der Waals surface area contributed by atoms with E-state index in [1.54, 1.807) is 12.1 Å². The average Bonchev–Trinajstić information content (AvgIpc) is 2.69. The SMILES string of the molecule is C=CCN(C)CCCCCCOC1CCN(S(=O)(=O)Nc2ccc(C)cc2)CC1. The summed E-state index contributed by atoms with van der Waals surface area (Å²) in [6, 6.07) is 7.38. The van der Waals surface area contributed by atoms with E-state index in [0.717, 1.165) is 44.5 Å². The number of aryl methyl sites for hydroxylation is 1. The molecule has 6 nitrogen and oxygen atoms in total. The maximum absolute atomic E-state index is 12.6. The standard InChI is InChI=1S/C22H37N3O3S/c1-4-15-24(3)16-7-5-6-8-19-28-22-13-17-25(18-14-22)29(26,27)23-21-11-9-20(2)10-12-21/h4,9-12,22-23H,1,5-8,13-19H2,2-3H3. The second-order valence-electron chi connectivity index (χ2n) is 7.91. The van der Waals surface area contributed by atoms with Gasteiger partial charge in [-0.2, -0.15) is 12.7 Å². The number of nitrogens with zero attached hydrogens (tertiary/aromatic N) is 2. The second kappa shape index (κ2) is 12.3. The molecule has 7 heteroatoms. The first kappa shape index (κ1) is 23.9. The molecular formula is C22H37N3O3S. The third kappa shape index (κ3) is 8.86. The van der Waals surface area contributed by atoms with Crippen molar-refractivity contribution in [2.75, 3.05) is 44.6 Å². The Morgan fingerprint density at radius 1 is 1.17 bits per heavy atom. The van der Waals surface area contributed by atoms with Gasteiger partial charge in [0.2, 0.25) is 0 Å². The van der Waals surface area contributed by atoms with Crippen molar-refractivity contribution in [3.63, 3.8) is 0 Å². The lowest BCUT2D eigenvalue weighted by Crippen LogP contribution is -2.43. The van der Waals surface area contributed by atoms with Crippen molar-refractivity contribution >= 4 is 15.9 Å². The number of ether oxygens (including phenoxy) is 1. The topological polar surface area (TPSA) is 61.9 Å². The van der Waals surface area contributed by atoms with E-state index in [4.69, 9.17) is 4.74 Å². The van der Waals surface area contributed by atoms with Crippen LogP contribution < -0.4 is 4.72 Å². The number of anilines is 1. The zero-order valence-electron chi connectivity index (χ0n) is 18.0.